The summed E-state index contributed by atoms with van der Waals surface area (Å²) in [5.41, 5.74) is -0.403. The van der Waals surface area contributed by atoms with Crippen LogP contribution in [-0.4, -0.2) is 37.5 Å². The summed E-state index contributed by atoms with van der Waals surface area (Å²) in [6.45, 7) is 7.27. The average Bonchev–Trinajstić information content (AvgIpc) is 3.07. The van der Waals surface area contributed by atoms with Crippen molar-refractivity contribution in [2.24, 2.45) is 7.05 Å². The molecule has 0 aromatic carbocycles. The first kappa shape index (κ1) is 18.5. The topological polar surface area (TPSA) is 88.9 Å². The van der Waals surface area contributed by atoms with Crippen LogP contribution in [0.3, 0.4) is 0 Å². The average molecular weight is 368 g/mol. The lowest BCUT2D eigenvalue weighted by Gasteiger charge is -2.21. The first-order valence-electron chi connectivity index (χ1n) is 7.40. The molecular formula is C15H21N5O2S2. The number of carbonyl (C=O) groups is 2. The van der Waals surface area contributed by atoms with Gasteiger partial charge in [-0.25, -0.2) is 4.79 Å². The largest absolute Gasteiger partial charge is 0.333 e. The Bertz CT molecular complexity index is 719. The number of amides is 3. The molecule has 2 aromatic rings. The fraction of sp³-hybridized carbons (Fsp3) is 0.467. The SMILES string of the molecule is CC(Sc1nnc(-c2cccs2)n1C)C(=O)NC(=O)NC(C)(C)C. The molecule has 0 saturated carbocycles. The minimum atomic E-state index is -0.503. The van der Waals surface area contributed by atoms with Gasteiger partial charge < -0.3 is 9.88 Å². The summed E-state index contributed by atoms with van der Waals surface area (Å²) in [7, 11) is 1.86. The fourth-order valence-corrected chi connectivity index (χ4v) is 3.39. The Kier molecular flexibility index (Phi) is 5.66. The molecule has 0 radical (unpaired) electrons. The molecule has 2 heterocycles. The molecule has 130 valence electrons. The second-order valence-corrected chi connectivity index (χ2v) is 8.55. The van der Waals surface area contributed by atoms with Gasteiger partial charge in [0.25, 0.3) is 0 Å². The lowest BCUT2D eigenvalue weighted by Crippen LogP contribution is -2.49. The van der Waals surface area contributed by atoms with Crippen molar-refractivity contribution in [2.45, 2.75) is 43.6 Å². The second-order valence-electron chi connectivity index (χ2n) is 6.30. The van der Waals surface area contributed by atoms with Crippen molar-refractivity contribution >= 4 is 35.0 Å². The summed E-state index contributed by atoms with van der Waals surface area (Å²) in [5.74, 6) is 0.382. The van der Waals surface area contributed by atoms with E-state index >= 15 is 0 Å². The van der Waals surface area contributed by atoms with E-state index in [2.05, 4.69) is 20.8 Å². The van der Waals surface area contributed by atoms with Gasteiger partial charge in [-0.3, -0.25) is 10.1 Å². The number of thiophene rings is 1. The number of thioether (sulfide) groups is 1. The Morgan fingerprint density at radius 3 is 2.62 bits per heavy atom. The minimum Gasteiger partial charge on any atom is -0.333 e. The van der Waals surface area contributed by atoms with Crippen molar-refractivity contribution in [3.8, 4) is 10.7 Å². The summed E-state index contributed by atoms with van der Waals surface area (Å²) in [5, 5.41) is 15.5. The number of nitrogens with one attached hydrogen (secondary N) is 2. The van der Waals surface area contributed by atoms with Crippen molar-refractivity contribution in [3.05, 3.63) is 17.5 Å². The third kappa shape index (κ3) is 4.81. The van der Waals surface area contributed by atoms with E-state index in [0.29, 0.717) is 5.16 Å². The maximum atomic E-state index is 12.1. The highest BCUT2D eigenvalue weighted by atomic mass is 32.2. The molecule has 24 heavy (non-hydrogen) atoms. The minimum absolute atomic E-state index is 0.373. The van der Waals surface area contributed by atoms with Crippen LogP contribution >= 0.6 is 23.1 Å². The maximum absolute atomic E-state index is 12.1. The molecule has 7 nitrogen and oxygen atoms in total. The lowest BCUT2D eigenvalue weighted by atomic mass is 10.1. The van der Waals surface area contributed by atoms with E-state index in [4.69, 9.17) is 0 Å². The summed E-state index contributed by atoms with van der Waals surface area (Å²) < 4.78 is 1.84. The van der Waals surface area contributed by atoms with Crippen molar-refractivity contribution in [1.29, 1.82) is 0 Å². The van der Waals surface area contributed by atoms with Crippen molar-refractivity contribution in [3.63, 3.8) is 0 Å². The monoisotopic (exact) mass is 367 g/mol. The Balaban J connectivity index is 1.98. The Morgan fingerprint density at radius 1 is 1.33 bits per heavy atom. The van der Waals surface area contributed by atoms with Crippen LogP contribution < -0.4 is 10.6 Å². The molecule has 2 N–H and O–H groups in total. The molecule has 1 atom stereocenters. The predicted molar refractivity (Wildman–Crippen MR) is 96.1 cm³/mol. The first-order valence-corrected chi connectivity index (χ1v) is 9.16. The van der Waals surface area contributed by atoms with E-state index in [9.17, 15) is 9.59 Å². The summed E-state index contributed by atoms with van der Waals surface area (Å²) in [6, 6.07) is 3.42. The highest BCUT2D eigenvalue weighted by Gasteiger charge is 2.22. The van der Waals surface area contributed by atoms with Crippen molar-refractivity contribution in [2.75, 3.05) is 0 Å². The van der Waals surface area contributed by atoms with Gasteiger partial charge in [-0.1, -0.05) is 17.8 Å². The van der Waals surface area contributed by atoms with Gasteiger partial charge in [-0.2, -0.15) is 0 Å². The van der Waals surface area contributed by atoms with E-state index in [1.165, 1.54) is 11.8 Å². The molecule has 3 amide bonds. The Hall–Kier alpha value is -1.87. The maximum Gasteiger partial charge on any atom is 0.321 e. The number of aromatic nitrogens is 3. The molecule has 0 bridgehead atoms. The summed E-state index contributed by atoms with van der Waals surface area (Å²) >= 11 is 2.84. The molecule has 0 saturated heterocycles. The molecule has 0 aliphatic heterocycles. The summed E-state index contributed by atoms with van der Waals surface area (Å²) in [4.78, 5) is 24.9. The third-order valence-corrected chi connectivity index (χ3v) is 4.95. The Morgan fingerprint density at radius 2 is 2.04 bits per heavy atom. The van der Waals surface area contributed by atoms with Crippen LogP contribution in [0.15, 0.2) is 22.7 Å². The third-order valence-electron chi connectivity index (χ3n) is 2.95. The number of hydrogen-bond donors (Lipinski definition) is 2. The molecule has 0 aliphatic rings. The molecule has 1 unspecified atom stereocenters. The predicted octanol–water partition coefficient (Wildman–Crippen LogP) is 2.65. The number of rotatable bonds is 4. The first-order chi connectivity index (χ1) is 11.2. The fourth-order valence-electron chi connectivity index (χ4n) is 1.83. The van der Waals surface area contributed by atoms with Gasteiger partial charge in [-0.05, 0) is 39.1 Å². The highest BCUT2D eigenvalue weighted by Crippen LogP contribution is 2.27. The van der Waals surface area contributed by atoms with Gasteiger partial charge in [0.05, 0.1) is 10.1 Å². The molecule has 9 heteroatoms. The van der Waals surface area contributed by atoms with Gasteiger partial charge in [0.1, 0.15) is 0 Å². The van der Waals surface area contributed by atoms with Crippen LogP contribution in [0.5, 0.6) is 0 Å². The lowest BCUT2D eigenvalue weighted by molar-refractivity contribution is -0.119. The van der Waals surface area contributed by atoms with Crippen molar-refractivity contribution in [1.82, 2.24) is 25.4 Å². The van der Waals surface area contributed by atoms with Crippen LogP contribution in [0.25, 0.3) is 10.7 Å². The molecule has 0 fully saturated rings. The van der Waals surface area contributed by atoms with Crippen LogP contribution in [-0.2, 0) is 11.8 Å². The van der Waals surface area contributed by atoms with E-state index in [0.717, 1.165) is 10.7 Å². The van der Waals surface area contributed by atoms with Crippen LogP contribution in [0.1, 0.15) is 27.7 Å². The van der Waals surface area contributed by atoms with Gasteiger partial charge >= 0.3 is 6.03 Å². The van der Waals surface area contributed by atoms with E-state index < -0.39 is 16.8 Å². The zero-order chi connectivity index (χ0) is 17.9. The second kappa shape index (κ2) is 7.35. The molecule has 2 rings (SSSR count). The number of imide groups is 1. The molecule has 2 aromatic heterocycles. The highest BCUT2D eigenvalue weighted by molar-refractivity contribution is 8.00. The normalized spacial score (nSPS) is 12.7. The number of hydrogen-bond acceptors (Lipinski definition) is 6. The zero-order valence-corrected chi connectivity index (χ0v) is 15.9. The van der Waals surface area contributed by atoms with E-state index in [-0.39, 0.29) is 5.91 Å². The number of carbonyl (C=O) groups excluding carboxylic acids is 2. The Labute approximate surface area is 149 Å². The van der Waals surface area contributed by atoms with Gasteiger partial charge in [0.15, 0.2) is 11.0 Å². The smallest absolute Gasteiger partial charge is 0.321 e. The van der Waals surface area contributed by atoms with Gasteiger partial charge in [0.2, 0.25) is 5.91 Å². The van der Waals surface area contributed by atoms with Crippen LogP contribution in [0.2, 0.25) is 0 Å². The molecule has 0 aliphatic carbocycles. The van der Waals surface area contributed by atoms with Crippen LogP contribution in [0, 0.1) is 0 Å². The van der Waals surface area contributed by atoms with Crippen LogP contribution in [0.4, 0.5) is 4.79 Å². The standard InChI is InChI=1S/C15H21N5O2S2/c1-9(12(21)16-13(22)17-15(2,3)4)24-14-19-18-11(20(14)5)10-7-6-8-23-10/h6-9H,1-5H3,(H2,16,17,21,22). The summed E-state index contributed by atoms with van der Waals surface area (Å²) in [6.07, 6.45) is 0. The number of urea groups is 1. The van der Waals surface area contributed by atoms with Gasteiger partial charge in [0, 0.05) is 12.6 Å². The number of nitrogens with zero attached hydrogens (tertiary/aromatic N) is 3. The zero-order valence-electron chi connectivity index (χ0n) is 14.3. The van der Waals surface area contributed by atoms with E-state index in [1.807, 2.05) is 49.9 Å². The molecule has 0 spiro atoms. The van der Waals surface area contributed by atoms with Crippen molar-refractivity contribution < 1.29 is 9.59 Å². The molecular weight excluding hydrogens is 346 g/mol. The quantitative estimate of drug-likeness (QED) is 0.811. The van der Waals surface area contributed by atoms with E-state index in [1.54, 1.807) is 18.3 Å². The van der Waals surface area contributed by atoms with Gasteiger partial charge in [-0.15, -0.1) is 21.5 Å².